The Hall–Kier alpha value is -1.08. The number of hydrogen-bond acceptors (Lipinski definition) is 5. The van der Waals surface area contributed by atoms with Crippen LogP contribution in [0.4, 0.5) is 0 Å². The number of carbonyl (C=O) groups is 1. The number of carbonyl (C=O) groups excluding carboxylic acids is 1. The number of amides is 1. The van der Waals surface area contributed by atoms with Crippen LogP contribution in [0.1, 0.15) is 20.3 Å². The Bertz CT molecular complexity index is 342. The maximum Gasteiger partial charge on any atom is 0.237 e. The average molecular weight is 243 g/mol. The van der Waals surface area contributed by atoms with Crippen LogP contribution in [0.3, 0.4) is 0 Å². The van der Waals surface area contributed by atoms with Crippen molar-refractivity contribution in [1.82, 2.24) is 20.5 Å². The van der Waals surface area contributed by atoms with Crippen molar-refractivity contribution < 1.29 is 4.79 Å². The lowest BCUT2D eigenvalue weighted by atomic mass is 9.95. The van der Waals surface area contributed by atoms with Gasteiger partial charge in [-0.15, -0.1) is 0 Å². The predicted octanol–water partition coefficient (Wildman–Crippen LogP) is 0.139. The van der Waals surface area contributed by atoms with Crippen LogP contribution in [0.25, 0.3) is 0 Å². The van der Waals surface area contributed by atoms with Gasteiger partial charge in [0, 0.05) is 5.25 Å². The SMILES string of the molecule is CNC(C)(CC(C)Sc1ncn[nH]1)C(N)=O. The Morgan fingerprint density at radius 1 is 1.81 bits per heavy atom. The van der Waals surface area contributed by atoms with Gasteiger partial charge >= 0.3 is 0 Å². The van der Waals surface area contributed by atoms with Gasteiger partial charge in [-0.25, -0.2) is 4.98 Å². The molecule has 1 aromatic heterocycles. The van der Waals surface area contributed by atoms with Crippen molar-refractivity contribution in [3.8, 4) is 0 Å². The van der Waals surface area contributed by atoms with Gasteiger partial charge in [0.05, 0.1) is 5.54 Å². The number of H-pyrrole nitrogens is 1. The Kier molecular flexibility index (Phi) is 4.31. The first kappa shape index (κ1) is 13.0. The van der Waals surface area contributed by atoms with Gasteiger partial charge in [-0.1, -0.05) is 18.7 Å². The van der Waals surface area contributed by atoms with Crippen LogP contribution in [0.15, 0.2) is 11.5 Å². The van der Waals surface area contributed by atoms with Crippen molar-refractivity contribution in [2.75, 3.05) is 7.05 Å². The van der Waals surface area contributed by atoms with Gasteiger partial charge in [-0.2, -0.15) is 5.10 Å². The molecule has 0 saturated heterocycles. The summed E-state index contributed by atoms with van der Waals surface area (Å²) in [6.45, 7) is 3.82. The van der Waals surface area contributed by atoms with Crippen LogP contribution >= 0.6 is 11.8 Å². The molecule has 1 aromatic rings. The van der Waals surface area contributed by atoms with Crippen molar-refractivity contribution in [3.05, 3.63) is 6.33 Å². The number of likely N-dealkylation sites (N-methyl/N-ethyl adjacent to an activating group) is 1. The highest BCUT2D eigenvalue weighted by Gasteiger charge is 2.31. The molecule has 0 bridgehead atoms. The summed E-state index contributed by atoms with van der Waals surface area (Å²) in [5.74, 6) is -0.347. The Labute approximate surface area is 98.8 Å². The first-order valence-electron chi connectivity index (χ1n) is 4.99. The third-order valence-corrected chi connectivity index (χ3v) is 3.49. The summed E-state index contributed by atoms with van der Waals surface area (Å²) in [6, 6.07) is 0. The van der Waals surface area contributed by atoms with E-state index in [1.807, 2.05) is 6.92 Å². The average Bonchev–Trinajstić information content (AvgIpc) is 2.69. The van der Waals surface area contributed by atoms with E-state index in [1.54, 1.807) is 14.0 Å². The monoisotopic (exact) mass is 243 g/mol. The van der Waals surface area contributed by atoms with Crippen molar-refractivity contribution >= 4 is 17.7 Å². The summed E-state index contributed by atoms with van der Waals surface area (Å²) < 4.78 is 0. The molecule has 0 radical (unpaired) electrons. The van der Waals surface area contributed by atoms with E-state index in [0.29, 0.717) is 6.42 Å². The van der Waals surface area contributed by atoms with E-state index in [-0.39, 0.29) is 11.2 Å². The largest absolute Gasteiger partial charge is 0.368 e. The zero-order valence-corrected chi connectivity index (χ0v) is 10.5. The van der Waals surface area contributed by atoms with Crippen molar-refractivity contribution in [1.29, 1.82) is 0 Å². The molecule has 1 rings (SSSR count). The number of nitrogens with zero attached hydrogens (tertiary/aromatic N) is 2. The van der Waals surface area contributed by atoms with E-state index in [4.69, 9.17) is 5.73 Å². The van der Waals surface area contributed by atoms with Crippen LogP contribution in [-0.4, -0.2) is 38.9 Å². The van der Waals surface area contributed by atoms with Crippen LogP contribution in [0, 0.1) is 0 Å². The molecule has 0 fully saturated rings. The maximum atomic E-state index is 11.3. The molecule has 7 heteroatoms. The minimum atomic E-state index is -0.688. The van der Waals surface area contributed by atoms with Crippen molar-refractivity contribution in [2.24, 2.45) is 5.73 Å². The second kappa shape index (κ2) is 5.31. The number of aromatic amines is 1. The molecular formula is C9H17N5OS. The van der Waals surface area contributed by atoms with Gasteiger partial charge in [0.25, 0.3) is 0 Å². The Morgan fingerprint density at radius 3 is 2.94 bits per heavy atom. The van der Waals surface area contributed by atoms with Gasteiger partial charge in [-0.05, 0) is 20.4 Å². The lowest BCUT2D eigenvalue weighted by Crippen LogP contribution is -2.52. The number of nitrogens with one attached hydrogen (secondary N) is 2. The fourth-order valence-electron chi connectivity index (χ4n) is 1.38. The summed E-state index contributed by atoms with van der Waals surface area (Å²) in [4.78, 5) is 15.3. The molecule has 0 saturated carbocycles. The maximum absolute atomic E-state index is 11.3. The summed E-state index contributed by atoms with van der Waals surface area (Å²) in [5, 5.41) is 10.4. The quantitative estimate of drug-likeness (QED) is 0.617. The summed E-state index contributed by atoms with van der Waals surface area (Å²) in [7, 11) is 1.73. The number of aromatic nitrogens is 3. The Balaban J connectivity index is 2.56. The normalized spacial score (nSPS) is 16.7. The van der Waals surface area contributed by atoms with Crippen LogP contribution < -0.4 is 11.1 Å². The molecule has 0 spiro atoms. The molecule has 1 heterocycles. The first-order chi connectivity index (χ1) is 7.48. The zero-order chi connectivity index (χ0) is 12.2. The number of nitrogens with two attached hydrogens (primary N) is 1. The topological polar surface area (TPSA) is 96.7 Å². The van der Waals surface area contributed by atoms with Crippen LogP contribution in [-0.2, 0) is 4.79 Å². The first-order valence-corrected chi connectivity index (χ1v) is 5.87. The van der Waals surface area contributed by atoms with E-state index in [2.05, 4.69) is 20.5 Å². The minimum absolute atomic E-state index is 0.206. The van der Waals surface area contributed by atoms with Gasteiger partial charge in [0.2, 0.25) is 5.91 Å². The van der Waals surface area contributed by atoms with Crippen LogP contribution in [0.5, 0.6) is 0 Å². The second-order valence-electron chi connectivity index (χ2n) is 3.87. The highest BCUT2D eigenvalue weighted by molar-refractivity contribution is 7.99. The fraction of sp³-hybridized carbons (Fsp3) is 0.667. The molecule has 0 aliphatic rings. The molecule has 0 aliphatic carbocycles. The molecule has 0 aliphatic heterocycles. The molecule has 4 N–H and O–H groups in total. The minimum Gasteiger partial charge on any atom is -0.368 e. The molecule has 0 aromatic carbocycles. The molecule has 2 unspecified atom stereocenters. The van der Waals surface area contributed by atoms with Gasteiger partial charge in [-0.3, -0.25) is 9.89 Å². The molecule has 6 nitrogen and oxygen atoms in total. The third-order valence-electron chi connectivity index (χ3n) is 2.50. The standard InChI is InChI=1S/C9H17N5OS/c1-6(16-8-12-5-13-14-8)4-9(2,11-3)7(10)15/h5-6,11H,4H2,1-3H3,(H2,10,15)(H,12,13,14). The lowest BCUT2D eigenvalue weighted by molar-refractivity contribution is -0.123. The van der Waals surface area contributed by atoms with Gasteiger partial charge in [0.1, 0.15) is 6.33 Å². The van der Waals surface area contributed by atoms with Crippen molar-refractivity contribution in [2.45, 2.75) is 36.2 Å². The fourth-order valence-corrected chi connectivity index (χ4v) is 2.40. The van der Waals surface area contributed by atoms with Gasteiger partial charge < -0.3 is 11.1 Å². The molecule has 1 amide bonds. The highest BCUT2D eigenvalue weighted by atomic mass is 32.2. The lowest BCUT2D eigenvalue weighted by Gasteiger charge is -2.27. The Morgan fingerprint density at radius 2 is 2.50 bits per heavy atom. The van der Waals surface area contributed by atoms with Crippen LogP contribution in [0.2, 0.25) is 0 Å². The molecule has 16 heavy (non-hydrogen) atoms. The smallest absolute Gasteiger partial charge is 0.237 e. The highest BCUT2D eigenvalue weighted by Crippen LogP contribution is 2.25. The van der Waals surface area contributed by atoms with E-state index < -0.39 is 5.54 Å². The number of rotatable bonds is 6. The predicted molar refractivity (Wildman–Crippen MR) is 63.0 cm³/mol. The molecule has 2 atom stereocenters. The van der Waals surface area contributed by atoms with E-state index in [1.165, 1.54) is 18.1 Å². The summed E-state index contributed by atoms with van der Waals surface area (Å²) in [5.41, 5.74) is 4.67. The second-order valence-corrected chi connectivity index (χ2v) is 5.30. The van der Waals surface area contributed by atoms with E-state index in [0.717, 1.165) is 5.16 Å². The van der Waals surface area contributed by atoms with E-state index >= 15 is 0 Å². The number of primary amides is 1. The summed E-state index contributed by atoms with van der Waals surface area (Å²) in [6.07, 6.45) is 2.09. The van der Waals surface area contributed by atoms with Gasteiger partial charge in [0.15, 0.2) is 5.16 Å². The number of hydrogen-bond donors (Lipinski definition) is 3. The summed E-state index contributed by atoms with van der Waals surface area (Å²) >= 11 is 1.53. The third kappa shape index (κ3) is 3.21. The van der Waals surface area contributed by atoms with E-state index in [9.17, 15) is 4.79 Å². The number of thioether (sulfide) groups is 1. The van der Waals surface area contributed by atoms with Crippen molar-refractivity contribution in [3.63, 3.8) is 0 Å². The zero-order valence-electron chi connectivity index (χ0n) is 9.65. The molecule has 90 valence electrons. The molecular weight excluding hydrogens is 226 g/mol.